The molecule has 0 aliphatic carbocycles. The van der Waals surface area contributed by atoms with Gasteiger partial charge >= 0.3 is 0 Å². The molecule has 0 atom stereocenters. The molecule has 0 bridgehead atoms. The van der Waals surface area contributed by atoms with Gasteiger partial charge in [-0.05, 0) is 13.1 Å². The Bertz CT molecular complexity index is 350. The van der Waals surface area contributed by atoms with Gasteiger partial charge in [-0.1, -0.05) is 0 Å². The van der Waals surface area contributed by atoms with E-state index in [0.717, 1.165) is 32.7 Å². The van der Waals surface area contributed by atoms with Gasteiger partial charge in [-0.15, -0.1) is 10.2 Å². The van der Waals surface area contributed by atoms with Crippen LogP contribution in [-0.4, -0.2) is 71.5 Å². The first-order valence-electron chi connectivity index (χ1n) is 6.25. The first-order chi connectivity index (χ1) is 8.78. The van der Waals surface area contributed by atoms with E-state index in [2.05, 4.69) is 27.0 Å². The lowest BCUT2D eigenvalue weighted by atomic mass is 10.3. The molecule has 0 saturated carbocycles. The molecule has 2 heterocycles. The van der Waals surface area contributed by atoms with Crippen LogP contribution in [-0.2, 0) is 6.61 Å². The summed E-state index contributed by atoms with van der Waals surface area (Å²) in [6.45, 7) is 5.86. The maximum atomic E-state index is 8.84. The molecule has 6 nitrogen and oxygen atoms in total. The molecule has 0 amide bonds. The second kappa shape index (κ2) is 6.63. The SMILES string of the molecule is CN1CCN(CCOc2ccc(CO)nn2)CC1. The van der Waals surface area contributed by atoms with Crippen LogP contribution in [0, 0.1) is 0 Å². The van der Waals surface area contributed by atoms with Gasteiger partial charge in [0.15, 0.2) is 0 Å². The van der Waals surface area contributed by atoms with Crippen LogP contribution in [0.15, 0.2) is 12.1 Å². The van der Waals surface area contributed by atoms with Gasteiger partial charge in [-0.3, -0.25) is 4.90 Å². The van der Waals surface area contributed by atoms with Gasteiger partial charge in [0.2, 0.25) is 5.88 Å². The van der Waals surface area contributed by atoms with Crippen LogP contribution in [0.25, 0.3) is 0 Å². The molecule has 18 heavy (non-hydrogen) atoms. The lowest BCUT2D eigenvalue weighted by Gasteiger charge is -2.32. The van der Waals surface area contributed by atoms with E-state index in [4.69, 9.17) is 9.84 Å². The lowest BCUT2D eigenvalue weighted by molar-refractivity contribution is 0.132. The Labute approximate surface area is 107 Å². The smallest absolute Gasteiger partial charge is 0.233 e. The Balaban J connectivity index is 1.68. The number of nitrogens with zero attached hydrogens (tertiary/aromatic N) is 4. The number of piperazine rings is 1. The molecule has 0 unspecified atom stereocenters. The van der Waals surface area contributed by atoms with Gasteiger partial charge in [-0.25, -0.2) is 0 Å². The van der Waals surface area contributed by atoms with Crippen molar-refractivity contribution in [2.45, 2.75) is 6.61 Å². The molecular formula is C12H20N4O2. The van der Waals surface area contributed by atoms with E-state index in [1.165, 1.54) is 0 Å². The zero-order valence-electron chi connectivity index (χ0n) is 10.7. The van der Waals surface area contributed by atoms with Crippen molar-refractivity contribution < 1.29 is 9.84 Å². The van der Waals surface area contributed by atoms with E-state index < -0.39 is 0 Å². The number of aliphatic hydroxyl groups is 1. The predicted octanol–water partition coefficient (Wildman–Crippen LogP) is -0.405. The highest BCUT2D eigenvalue weighted by Gasteiger charge is 2.13. The molecule has 0 aromatic carbocycles. The molecule has 1 aliphatic heterocycles. The molecule has 1 aromatic heterocycles. The van der Waals surface area contributed by atoms with Gasteiger partial charge in [0.25, 0.3) is 0 Å². The average Bonchev–Trinajstić information content (AvgIpc) is 2.42. The Morgan fingerprint density at radius 2 is 2.00 bits per heavy atom. The first-order valence-corrected chi connectivity index (χ1v) is 6.25. The van der Waals surface area contributed by atoms with E-state index >= 15 is 0 Å². The van der Waals surface area contributed by atoms with Crippen LogP contribution in [0.2, 0.25) is 0 Å². The topological polar surface area (TPSA) is 61.7 Å². The number of hydrogen-bond donors (Lipinski definition) is 1. The van der Waals surface area contributed by atoms with E-state index in [-0.39, 0.29) is 6.61 Å². The van der Waals surface area contributed by atoms with Crippen LogP contribution in [0.3, 0.4) is 0 Å². The summed E-state index contributed by atoms with van der Waals surface area (Å²) in [7, 11) is 2.14. The quantitative estimate of drug-likeness (QED) is 0.769. The standard InChI is InChI=1S/C12H20N4O2/c1-15-4-6-16(7-5-15)8-9-18-12-3-2-11(10-17)13-14-12/h2-3,17H,4-10H2,1H3. The zero-order valence-corrected chi connectivity index (χ0v) is 10.7. The molecular weight excluding hydrogens is 232 g/mol. The second-order valence-electron chi connectivity index (χ2n) is 4.51. The molecule has 2 rings (SSSR count). The molecule has 1 aromatic rings. The lowest BCUT2D eigenvalue weighted by Crippen LogP contribution is -2.45. The summed E-state index contributed by atoms with van der Waals surface area (Å²) in [6.07, 6.45) is 0. The number of likely N-dealkylation sites (N-methyl/N-ethyl adjacent to an activating group) is 1. The van der Waals surface area contributed by atoms with Gasteiger partial charge < -0.3 is 14.7 Å². The van der Waals surface area contributed by atoms with Gasteiger partial charge in [0.05, 0.1) is 12.3 Å². The van der Waals surface area contributed by atoms with Crippen LogP contribution in [0.1, 0.15) is 5.69 Å². The highest BCUT2D eigenvalue weighted by Crippen LogP contribution is 2.05. The van der Waals surface area contributed by atoms with Crippen LogP contribution < -0.4 is 4.74 Å². The summed E-state index contributed by atoms with van der Waals surface area (Å²) in [5, 5.41) is 16.6. The highest BCUT2D eigenvalue weighted by atomic mass is 16.5. The van der Waals surface area contributed by atoms with Crippen molar-refractivity contribution in [3.8, 4) is 5.88 Å². The summed E-state index contributed by atoms with van der Waals surface area (Å²) in [5.74, 6) is 0.515. The van der Waals surface area contributed by atoms with Gasteiger partial charge in [0, 0.05) is 38.8 Å². The second-order valence-corrected chi connectivity index (χ2v) is 4.51. The monoisotopic (exact) mass is 252 g/mol. The zero-order chi connectivity index (χ0) is 12.8. The fraction of sp³-hybridized carbons (Fsp3) is 0.667. The van der Waals surface area contributed by atoms with Gasteiger partial charge in [0.1, 0.15) is 6.61 Å². The summed E-state index contributed by atoms with van der Waals surface area (Å²) >= 11 is 0. The van der Waals surface area contributed by atoms with Crippen LogP contribution in [0.4, 0.5) is 0 Å². The molecule has 1 saturated heterocycles. The Morgan fingerprint density at radius 1 is 1.22 bits per heavy atom. The van der Waals surface area contributed by atoms with Crippen molar-refractivity contribution >= 4 is 0 Å². The third-order valence-corrected chi connectivity index (χ3v) is 3.11. The number of rotatable bonds is 5. The predicted molar refractivity (Wildman–Crippen MR) is 67.4 cm³/mol. The molecule has 100 valence electrons. The summed E-state index contributed by atoms with van der Waals surface area (Å²) < 4.78 is 5.52. The van der Waals surface area contributed by atoms with E-state index in [9.17, 15) is 0 Å². The molecule has 6 heteroatoms. The van der Waals surface area contributed by atoms with Crippen molar-refractivity contribution in [2.75, 3.05) is 46.4 Å². The molecule has 1 fully saturated rings. The number of aliphatic hydroxyl groups excluding tert-OH is 1. The first kappa shape index (κ1) is 13.2. The largest absolute Gasteiger partial charge is 0.475 e. The maximum absolute atomic E-state index is 8.84. The summed E-state index contributed by atoms with van der Waals surface area (Å²) in [6, 6.07) is 3.46. The Hall–Kier alpha value is -1.24. The minimum Gasteiger partial charge on any atom is -0.475 e. The molecule has 1 N–H and O–H groups in total. The van der Waals surface area contributed by atoms with Crippen molar-refractivity contribution in [3.63, 3.8) is 0 Å². The van der Waals surface area contributed by atoms with Gasteiger partial charge in [-0.2, -0.15) is 0 Å². The third-order valence-electron chi connectivity index (χ3n) is 3.11. The number of hydrogen-bond acceptors (Lipinski definition) is 6. The maximum Gasteiger partial charge on any atom is 0.233 e. The van der Waals surface area contributed by atoms with E-state index in [1.54, 1.807) is 12.1 Å². The van der Waals surface area contributed by atoms with E-state index in [1.807, 2.05) is 0 Å². The van der Waals surface area contributed by atoms with Crippen molar-refractivity contribution in [2.24, 2.45) is 0 Å². The summed E-state index contributed by atoms with van der Waals surface area (Å²) in [5.41, 5.74) is 0.557. The van der Waals surface area contributed by atoms with Crippen molar-refractivity contribution in [1.29, 1.82) is 0 Å². The Morgan fingerprint density at radius 3 is 2.61 bits per heavy atom. The highest BCUT2D eigenvalue weighted by molar-refractivity contribution is 5.10. The van der Waals surface area contributed by atoms with E-state index in [0.29, 0.717) is 18.2 Å². The van der Waals surface area contributed by atoms with Crippen LogP contribution in [0.5, 0.6) is 5.88 Å². The molecule has 0 spiro atoms. The van der Waals surface area contributed by atoms with Crippen molar-refractivity contribution in [1.82, 2.24) is 20.0 Å². The Kier molecular flexibility index (Phi) is 4.86. The summed E-state index contributed by atoms with van der Waals surface area (Å²) in [4.78, 5) is 4.71. The van der Waals surface area contributed by atoms with Crippen molar-refractivity contribution in [3.05, 3.63) is 17.8 Å². The minimum absolute atomic E-state index is 0.0887. The average molecular weight is 252 g/mol. The number of ether oxygens (including phenoxy) is 1. The normalized spacial score (nSPS) is 17.9. The molecule has 1 aliphatic rings. The van der Waals surface area contributed by atoms with Crippen LogP contribution >= 0.6 is 0 Å². The fourth-order valence-corrected chi connectivity index (χ4v) is 1.86. The molecule has 0 radical (unpaired) electrons. The minimum atomic E-state index is -0.0887. The third kappa shape index (κ3) is 3.90. The fourth-order valence-electron chi connectivity index (χ4n) is 1.86. The number of aromatic nitrogens is 2.